The van der Waals surface area contributed by atoms with E-state index in [1.807, 2.05) is 0 Å². The first kappa shape index (κ1) is 13.7. The first-order valence-electron chi connectivity index (χ1n) is 6.01. The van der Waals surface area contributed by atoms with Crippen molar-refractivity contribution in [1.82, 2.24) is 0 Å². The second-order valence-corrected chi connectivity index (χ2v) is 4.45. The quantitative estimate of drug-likeness (QED) is 0.591. The van der Waals surface area contributed by atoms with Crippen LogP contribution in [0, 0.1) is 0 Å². The van der Waals surface area contributed by atoms with Gasteiger partial charge in [-0.25, -0.2) is 0 Å². The molecule has 0 atom stereocenters. The number of Topliss-reactive ketones (excluding diaryl/α,β-unsaturated/α-hetero) is 1. The Morgan fingerprint density at radius 3 is 2.15 bits per heavy atom. The van der Waals surface area contributed by atoms with Crippen LogP contribution in [0.15, 0.2) is 48.0 Å². The van der Waals surface area contributed by atoms with Gasteiger partial charge in [-0.15, -0.1) is 0 Å². The van der Waals surface area contributed by atoms with Gasteiger partial charge >= 0.3 is 0 Å². The number of ketones is 1. The number of phenols is 3. The molecule has 102 valence electrons. The molecule has 20 heavy (non-hydrogen) atoms. The predicted octanol–water partition coefficient (Wildman–Crippen LogP) is 3.09. The third kappa shape index (κ3) is 2.98. The maximum absolute atomic E-state index is 12.2. The molecule has 2 rings (SSSR count). The average Bonchev–Trinajstić information content (AvgIpc) is 2.40. The molecule has 0 spiro atoms. The van der Waals surface area contributed by atoms with Gasteiger partial charge in [0.1, 0.15) is 17.2 Å². The first-order chi connectivity index (χ1) is 9.47. The third-order valence-corrected chi connectivity index (χ3v) is 2.86. The molecule has 0 fully saturated rings. The Bertz CT molecular complexity index is 669. The van der Waals surface area contributed by atoms with Gasteiger partial charge in [-0.1, -0.05) is 12.1 Å². The summed E-state index contributed by atoms with van der Waals surface area (Å²) in [5.41, 5.74) is 1.35. The molecule has 0 heterocycles. The van der Waals surface area contributed by atoms with Gasteiger partial charge in [0.2, 0.25) is 0 Å². The summed E-state index contributed by atoms with van der Waals surface area (Å²) in [5, 5.41) is 28.1. The van der Waals surface area contributed by atoms with Crippen molar-refractivity contribution in [3.8, 4) is 17.2 Å². The van der Waals surface area contributed by atoms with E-state index < -0.39 is 0 Å². The standard InChI is InChI=1S/C16H14O4/c1-10(8-11-2-4-12(17)5-3-11)16(20)14-7-6-13(18)9-15(14)19/h2-9,17-19H,1H3/b10-8+. The molecule has 0 saturated carbocycles. The van der Waals surface area contributed by atoms with Gasteiger partial charge < -0.3 is 15.3 Å². The minimum absolute atomic E-state index is 0.0979. The van der Waals surface area contributed by atoms with Crippen LogP contribution in [0.3, 0.4) is 0 Å². The Hall–Kier alpha value is -2.75. The molecule has 0 aliphatic rings. The van der Waals surface area contributed by atoms with E-state index in [4.69, 9.17) is 0 Å². The zero-order valence-electron chi connectivity index (χ0n) is 10.9. The normalized spacial score (nSPS) is 11.3. The molecule has 0 aliphatic carbocycles. The van der Waals surface area contributed by atoms with Gasteiger partial charge in [0.05, 0.1) is 5.56 Å². The fourth-order valence-corrected chi connectivity index (χ4v) is 1.81. The highest BCUT2D eigenvalue weighted by Crippen LogP contribution is 2.25. The van der Waals surface area contributed by atoms with Crippen molar-refractivity contribution >= 4 is 11.9 Å². The topological polar surface area (TPSA) is 77.8 Å². The van der Waals surface area contributed by atoms with E-state index in [1.165, 1.54) is 24.3 Å². The summed E-state index contributed by atoms with van der Waals surface area (Å²) in [5.74, 6) is -0.523. The van der Waals surface area contributed by atoms with Crippen molar-refractivity contribution in [2.45, 2.75) is 6.92 Å². The average molecular weight is 270 g/mol. The fraction of sp³-hybridized carbons (Fsp3) is 0.0625. The fourth-order valence-electron chi connectivity index (χ4n) is 1.81. The van der Waals surface area contributed by atoms with Crippen LogP contribution in [0.4, 0.5) is 0 Å². The molecule has 0 radical (unpaired) electrons. The van der Waals surface area contributed by atoms with Gasteiger partial charge in [-0.2, -0.15) is 0 Å². The smallest absolute Gasteiger partial charge is 0.192 e. The highest BCUT2D eigenvalue weighted by atomic mass is 16.3. The van der Waals surface area contributed by atoms with Crippen molar-refractivity contribution < 1.29 is 20.1 Å². The Morgan fingerprint density at radius 1 is 0.950 bits per heavy atom. The van der Waals surface area contributed by atoms with Gasteiger partial charge in [0.25, 0.3) is 0 Å². The lowest BCUT2D eigenvalue weighted by atomic mass is 10.0. The van der Waals surface area contributed by atoms with Crippen LogP contribution in [0.1, 0.15) is 22.8 Å². The summed E-state index contributed by atoms with van der Waals surface area (Å²) in [6.07, 6.45) is 1.66. The Kier molecular flexibility index (Phi) is 3.75. The number of carbonyl (C=O) groups is 1. The van der Waals surface area contributed by atoms with Crippen LogP contribution in [0.5, 0.6) is 17.2 Å². The maximum atomic E-state index is 12.2. The van der Waals surface area contributed by atoms with E-state index in [0.29, 0.717) is 5.57 Å². The molecular formula is C16H14O4. The lowest BCUT2D eigenvalue weighted by molar-refractivity contribution is 0.103. The zero-order valence-corrected chi connectivity index (χ0v) is 10.9. The number of benzene rings is 2. The van der Waals surface area contributed by atoms with Gasteiger partial charge in [-0.05, 0) is 48.4 Å². The van der Waals surface area contributed by atoms with Crippen molar-refractivity contribution in [3.05, 3.63) is 59.2 Å². The van der Waals surface area contributed by atoms with Gasteiger partial charge in [0.15, 0.2) is 5.78 Å². The van der Waals surface area contributed by atoms with E-state index in [1.54, 1.807) is 25.1 Å². The molecular weight excluding hydrogens is 256 g/mol. The van der Waals surface area contributed by atoms with Crippen molar-refractivity contribution in [1.29, 1.82) is 0 Å². The largest absolute Gasteiger partial charge is 0.508 e. The van der Waals surface area contributed by atoms with Crippen molar-refractivity contribution in [3.63, 3.8) is 0 Å². The van der Waals surface area contributed by atoms with Crippen molar-refractivity contribution in [2.24, 2.45) is 0 Å². The highest BCUT2D eigenvalue weighted by Gasteiger charge is 2.13. The molecule has 4 heteroatoms. The van der Waals surface area contributed by atoms with E-state index in [9.17, 15) is 20.1 Å². The van der Waals surface area contributed by atoms with Crippen LogP contribution in [-0.4, -0.2) is 21.1 Å². The molecule has 4 nitrogen and oxygen atoms in total. The number of hydrogen-bond acceptors (Lipinski definition) is 4. The minimum atomic E-state index is -0.324. The Morgan fingerprint density at radius 2 is 1.55 bits per heavy atom. The number of phenolic OH excluding ortho intramolecular Hbond substituents is 3. The summed E-state index contributed by atoms with van der Waals surface area (Å²) >= 11 is 0. The van der Waals surface area contributed by atoms with Crippen LogP contribution in [0.2, 0.25) is 0 Å². The van der Waals surface area contributed by atoms with Gasteiger partial charge in [0, 0.05) is 6.07 Å². The summed E-state index contributed by atoms with van der Waals surface area (Å²) in [6, 6.07) is 10.3. The highest BCUT2D eigenvalue weighted by molar-refractivity contribution is 6.12. The number of allylic oxidation sites excluding steroid dienone is 1. The number of aromatic hydroxyl groups is 3. The van der Waals surface area contributed by atoms with E-state index in [2.05, 4.69) is 0 Å². The maximum Gasteiger partial charge on any atom is 0.192 e. The molecule has 0 saturated heterocycles. The van der Waals surface area contributed by atoms with Crippen LogP contribution >= 0.6 is 0 Å². The van der Waals surface area contributed by atoms with Crippen LogP contribution in [-0.2, 0) is 0 Å². The molecule has 0 aromatic heterocycles. The number of rotatable bonds is 3. The van der Waals surface area contributed by atoms with Crippen LogP contribution in [0.25, 0.3) is 6.08 Å². The third-order valence-electron chi connectivity index (χ3n) is 2.86. The molecule has 3 N–H and O–H groups in total. The SMILES string of the molecule is C/C(=C\c1ccc(O)cc1)C(=O)c1ccc(O)cc1O. The lowest BCUT2D eigenvalue weighted by Gasteiger charge is -2.05. The predicted molar refractivity (Wildman–Crippen MR) is 75.9 cm³/mol. The van der Waals surface area contributed by atoms with Crippen LogP contribution < -0.4 is 0 Å². The van der Waals surface area contributed by atoms with Gasteiger partial charge in [-0.3, -0.25) is 4.79 Å². The molecule has 0 unspecified atom stereocenters. The van der Waals surface area contributed by atoms with E-state index in [0.717, 1.165) is 11.6 Å². The second-order valence-electron chi connectivity index (χ2n) is 4.45. The molecule has 2 aromatic carbocycles. The molecule has 0 aliphatic heterocycles. The summed E-state index contributed by atoms with van der Waals surface area (Å²) in [7, 11) is 0. The second kappa shape index (κ2) is 5.48. The minimum Gasteiger partial charge on any atom is -0.508 e. The summed E-state index contributed by atoms with van der Waals surface area (Å²) < 4.78 is 0. The summed E-state index contributed by atoms with van der Waals surface area (Å²) in [6.45, 7) is 1.64. The Labute approximate surface area is 116 Å². The lowest BCUT2D eigenvalue weighted by Crippen LogP contribution is -2.00. The Balaban J connectivity index is 2.30. The molecule has 2 aromatic rings. The van der Waals surface area contributed by atoms with E-state index in [-0.39, 0.29) is 28.6 Å². The molecule has 0 bridgehead atoms. The summed E-state index contributed by atoms with van der Waals surface area (Å²) in [4.78, 5) is 12.2. The zero-order chi connectivity index (χ0) is 14.7. The molecule has 0 amide bonds. The monoisotopic (exact) mass is 270 g/mol. The number of carbonyl (C=O) groups excluding carboxylic acids is 1. The van der Waals surface area contributed by atoms with Crippen molar-refractivity contribution in [2.75, 3.05) is 0 Å². The number of hydrogen-bond donors (Lipinski definition) is 3. The van der Waals surface area contributed by atoms with E-state index >= 15 is 0 Å². The first-order valence-corrected chi connectivity index (χ1v) is 6.01.